The maximum atomic E-state index is 5.98. The standard InChI is InChI=1S/C17H22ClNOS/c1-11-6-13(8-18)7-12(2)16(11)20-9-15-19-14(10-21-15)17(3,4)5/h6-7,10H,8-9H2,1-5H3. The van der Waals surface area contributed by atoms with Gasteiger partial charge in [-0.05, 0) is 30.5 Å². The number of ether oxygens (including phenoxy) is 1. The van der Waals surface area contributed by atoms with Crippen LogP contribution in [0.25, 0.3) is 0 Å². The summed E-state index contributed by atoms with van der Waals surface area (Å²) in [6, 6.07) is 4.16. The van der Waals surface area contributed by atoms with Crippen molar-refractivity contribution in [3.05, 3.63) is 44.9 Å². The highest BCUT2D eigenvalue weighted by Gasteiger charge is 2.17. The lowest BCUT2D eigenvalue weighted by Crippen LogP contribution is -2.11. The van der Waals surface area contributed by atoms with E-state index in [1.165, 1.54) is 0 Å². The van der Waals surface area contributed by atoms with Gasteiger partial charge in [-0.25, -0.2) is 4.98 Å². The fourth-order valence-corrected chi connectivity index (χ4v) is 3.29. The van der Waals surface area contributed by atoms with E-state index in [1.807, 2.05) is 0 Å². The Morgan fingerprint density at radius 3 is 2.29 bits per heavy atom. The summed E-state index contributed by atoms with van der Waals surface area (Å²) < 4.78 is 5.98. The molecule has 2 aromatic rings. The minimum atomic E-state index is 0.0859. The molecule has 0 bridgehead atoms. The average Bonchev–Trinajstić information content (AvgIpc) is 2.86. The van der Waals surface area contributed by atoms with Crippen LogP contribution in [0.2, 0.25) is 0 Å². The minimum absolute atomic E-state index is 0.0859. The molecule has 0 N–H and O–H groups in total. The number of thiazole rings is 1. The lowest BCUT2D eigenvalue weighted by molar-refractivity contribution is 0.300. The largest absolute Gasteiger partial charge is 0.486 e. The number of alkyl halides is 1. The monoisotopic (exact) mass is 323 g/mol. The van der Waals surface area contributed by atoms with Gasteiger partial charge in [0.25, 0.3) is 0 Å². The molecule has 1 heterocycles. The highest BCUT2D eigenvalue weighted by atomic mass is 35.5. The summed E-state index contributed by atoms with van der Waals surface area (Å²) in [6.45, 7) is 11.1. The van der Waals surface area contributed by atoms with Gasteiger partial charge >= 0.3 is 0 Å². The number of aryl methyl sites for hydroxylation is 2. The molecule has 114 valence electrons. The second-order valence-electron chi connectivity index (χ2n) is 6.36. The fourth-order valence-electron chi connectivity index (χ4n) is 2.20. The van der Waals surface area contributed by atoms with Crippen molar-refractivity contribution in [2.24, 2.45) is 0 Å². The molecule has 0 spiro atoms. The molecule has 0 atom stereocenters. The number of hydrogen-bond donors (Lipinski definition) is 0. The number of halogens is 1. The molecule has 0 aliphatic heterocycles. The molecule has 0 radical (unpaired) electrons. The van der Waals surface area contributed by atoms with Crippen LogP contribution < -0.4 is 4.74 Å². The topological polar surface area (TPSA) is 22.1 Å². The average molecular weight is 324 g/mol. The van der Waals surface area contributed by atoms with Gasteiger partial charge in [0.15, 0.2) is 0 Å². The lowest BCUT2D eigenvalue weighted by atomic mass is 9.93. The van der Waals surface area contributed by atoms with E-state index in [9.17, 15) is 0 Å². The van der Waals surface area contributed by atoms with Gasteiger partial charge < -0.3 is 4.74 Å². The van der Waals surface area contributed by atoms with Crippen LogP contribution in [0.15, 0.2) is 17.5 Å². The third-order valence-electron chi connectivity index (χ3n) is 3.33. The lowest BCUT2D eigenvalue weighted by Gasteiger charge is -2.14. The molecule has 2 rings (SSSR count). The van der Waals surface area contributed by atoms with E-state index in [-0.39, 0.29) is 5.41 Å². The highest BCUT2D eigenvalue weighted by molar-refractivity contribution is 7.09. The van der Waals surface area contributed by atoms with Crippen molar-refractivity contribution in [2.75, 3.05) is 0 Å². The zero-order valence-electron chi connectivity index (χ0n) is 13.3. The highest BCUT2D eigenvalue weighted by Crippen LogP contribution is 2.28. The van der Waals surface area contributed by atoms with E-state index >= 15 is 0 Å². The number of aromatic nitrogens is 1. The summed E-state index contributed by atoms with van der Waals surface area (Å²) in [5, 5.41) is 3.13. The van der Waals surface area contributed by atoms with Gasteiger partial charge in [0, 0.05) is 16.7 Å². The molecular weight excluding hydrogens is 302 g/mol. The van der Waals surface area contributed by atoms with Gasteiger partial charge in [-0.2, -0.15) is 0 Å². The first-order valence-corrected chi connectivity index (χ1v) is 8.46. The number of nitrogens with zero attached hydrogens (tertiary/aromatic N) is 1. The predicted molar refractivity (Wildman–Crippen MR) is 90.6 cm³/mol. The molecule has 0 fully saturated rings. The van der Waals surface area contributed by atoms with E-state index in [2.05, 4.69) is 57.1 Å². The first kappa shape index (κ1) is 16.3. The third-order valence-corrected chi connectivity index (χ3v) is 4.47. The minimum Gasteiger partial charge on any atom is -0.486 e. The summed E-state index contributed by atoms with van der Waals surface area (Å²) in [5.74, 6) is 1.47. The molecule has 21 heavy (non-hydrogen) atoms. The van der Waals surface area contributed by atoms with Crippen LogP contribution in [0.3, 0.4) is 0 Å². The van der Waals surface area contributed by atoms with E-state index in [1.54, 1.807) is 11.3 Å². The molecular formula is C17H22ClNOS. The van der Waals surface area contributed by atoms with Gasteiger partial charge in [-0.15, -0.1) is 22.9 Å². The van der Waals surface area contributed by atoms with Gasteiger partial charge in [0.2, 0.25) is 0 Å². The van der Waals surface area contributed by atoms with Gasteiger partial charge in [0.1, 0.15) is 17.4 Å². The van der Waals surface area contributed by atoms with Crippen LogP contribution in [0.1, 0.15) is 48.2 Å². The maximum Gasteiger partial charge on any atom is 0.140 e. The second-order valence-corrected chi connectivity index (χ2v) is 7.57. The summed E-state index contributed by atoms with van der Waals surface area (Å²) in [6.07, 6.45) is 0. The van der Waals surface area contributed by atoms with Crippen molar-refractivity contribution in [1.29, 1.82) is 0 Å². The quantitative estimate of drug-likeness (QED) is 0.705. The van der Waals surface area contributed by atoms with Crippen LogP contribution in [-0.2, 0) is 17.9 Å². The normalized spacial score (nSPS) is 11.7. The van der Waals surface area contributed by atoms with E-state index < -0.39 is 0 Å². The van der Waals surface area contributed by atoms with Gasteiger partial charge in [-0.1, -0.05) is 32.9 Å². The first-order chi connectivity index (χ1) is 9.81. The van der Waals surface area contributed by atoms with Crippen LogP contribution in [0.4, 0.5) is 0 Å². The number of benzene rings is 1. The fraction of sp³-hybridized carbons (Fsp3) is 0.471. The smallest absolute Gasteiger partial charge is 0.140 e. The summed E-state index contributed by atoms with van der Waals surface area (Å²) >= 11 is 7.55. The van der Waals surface area contributed by atoms with Crippen molar-refractivity contribution in [1.82, 2.24) is 4.98 Å². The van der Waals surface area contributed by atoms with Crippen LogP contribution in [0.5, 0.6) is 5.75 Å². The first-order valence-electron chi connectivity index (χ1n) is 7.05. The van der Waals surface area contributed by atoms with E-state index in [0.29, 0.717) is 12.5 Å². The summed E-state index contributed by atoms with van der Waals surface area (Å²) in [5.41, 5.74) is 4.58. The Balaban J connectivity index is 2.12. The van der Waals surface area contributed by atoms with Crippen molar-refractivity contribution in [2.45, 2.75) is 52.5 Å². The predicted octanol–water partition coefficient (Wildman–Crippen LogP) is 5.38. The Bertz CT molecular complexity index is 605. The SMILES string of the molecule is Cc1cc(CCl)cc(C)c1OCc1nc(C(C)(C)C)cs1. The van der Waals surface area contributed by atoms with Gasteiger partial charge in [-0.3, -0.25) is 0 Å². The Hall–Kier alpha value is -1.06. The van der Waals surface area contributed by atoms with Crippen molar-refractivity contribution in [3.8, 4) is 5.75 Å². The Morgan fingerprint density at radius 1 is 1.19 bits per heavy atom. The van der Waals surface area contributed by atoms with Crippen LogP contribution in [-0.4, -0.2) is 4.98 Å². The molecule has 1 aromatic heterocycles. The Kier molecular flexibility index (Phi) is 4.95. The second kappa shape index (κ2) is 6.37. The maximum absolute atomic E-state index is 5.98. The molecule has 2 nitrogen and oxygen atoms in total. The van der Waals surface area contributed by atoms with Crippen molar-refractivity contribution < 1.29 is 4.74 Å². The molecule has 4 heteroatoms. The Morgan fingerprint density at radius 2 is 1.81 bits per heavy atom. The third kappa shape index (κ3) is 3.98. The van der Waals surface area contributed by atoms with Gasteiger partial charge in [0.05, 0.1) is 5.69 Å². The number of hydrogen-bond acceptors (Lipinski definition) is 3. The Labute approximate surface area is 136 Å². The summed E-state index contributed by atoms with van der Waals surface area (Å²) in [7, 11) is 0. The van der Waals surface area contributed by atoms with Crippen LogP contribution >= 0.6 is 22.9 Å². The van der Waals surface area contributed by atoms with Crippen LogP contribution in [0, 0.1) is 13.8 Å². The zero-order valence-corrected chi connectivity index (χ0v) is 14.9. The zero-order chi connectivity index (χ0) is 15.6. The van der Waals surface area contributed by atoms with E-state index in [0.717, 1.165) is 33.1 Å². The number of rotatable bonds is 4. The molecule has 0 amide bonds. The molecule has 1 aromatic carbocycles. The molecule has 0 aliphatic rings. The van der Waals surface area contributed by atoms with Crippen molar-refractivity contribution >= 4 is 22.9 Å². The molecule has 0 saturated carbocycles. The molecule has 0 unspecified atom stereocenters. The summed E-state index contributed by atoms with van der Waals surface area (Å²) in [4.78, 5) is 4.66. The van der Waals surface area contributed by atoms with E-state index in [4.69, 9.17) is 16.3 Å². The van der Waals surface area contributed by atoms with Crippen molar-refractivity contribution in [3.63, 3.8) is 0 Å². The molecule has 0 saturated heterocycles. The molecule has 0 aliphatic carbocycles.